The molecule has 3 rings (SSSR count). The standard InChI is InChI=1S/C24H27N3OS.C2H6/c1-4-5-15-25-22(28)14-8-13-20-18(3)27-24(23-17(2)10-9-16-26-23)19-11-6-7-12-21(19)29-20;1-2/h6-13,16H,4-5,14-15H2,1-3H3,(H,25,28);1-2H3/b13-8-;. The van der Waals surface area contributed by atoms with E-state index in [-0.39, 0.29) is 5.91 Å². The zero-order chi connectivity index (χ0) is 22.6. The summed E-state index contributed by atoms with van der Waals surface area (Å²) >= 11 is 1.68. The van der Waals surface area contributed by atoms with Crippen molar-refractivity contribution in [1.82, 2.24) is 10.3 Å². The van der Waals surface area contributed by atoms with E-state index < -0.39 is 0 Å². The fourth-order valence-electron chi connectivity index (χ4n) is 3.05. The van der Waals surface area contributed by atoms with Crippen molar-refractivity contribution in [3.63, 3.8) is 0 Å². The first-order valence-electron chi connectivity index (χ1n) is 11.0. The van der Waals surface area contributed by atoms with E-state index >= 15 is 0 Å². The zero-order valence-corrected chi connectivity index (χ0v) is 20.1. The summed E-state index contributed by atoms with van der Waals surface area (Å²) < 4.78 is 0. The number of carbonyl (C=O) groups is 1. The van der Waals surface area contributed by atoms with Crippen LogP contribution in [0.3, 0.4) is 0 Å². The number of aromatic nitrogens is 1. The lowest BCUT2D eigenvalue weighted by Gasteiger charge is -2.10. The highest BCUT2D eigenvalue weighted by Crippen LogP contribution is 2.37. The molecule has 1 aromatic heterocycles. The lowest BCUT2D eigenvalue weighted by atomic mass is 10.0. The van der Waals surface area contributed by atoms with E-state index in [9.17, 15) is 4.79 Å². The van der Waals surface area contributed by atoms with Crippen LogP contribution in [0, 0.1) is 6.92 Å². The van der Waals surface area contributed by atoms with Crippen molar-refractivity contribution in [1.29, 1.82) is 0 Å². The summed E-state index contributed by atoms with van der Waals surface area (Å²) in [5.41, 5.74) is 4.90. The molecule has 2 heterocycles. The minimum absolute atomic E-state index is 0.0558. The van der Waals surface area contributed by atoms with Crippen LogP contribution in [-0.2, 0) is 4.79 Å². The molecule has 0 saturated heterocycles. The Labute approximate surface area is 191 Å². The fourth-order valence-corrected chi connectivity index (χ4v) is 4.06. The Balaban J connectivity index is 0.00000166. The third-order valence-electron chi connectivity index (χ3n) is 4.66. The van der Waals surface area contributed by atoms with Crippen molar-refractivity contribution < 1.29 is 4.79 Å². The summed E-state index contributed by atoms with van der Waals surface area (Å²) in [6.07, 6.45) is 8.20. The topological polar surface area (TPSA) is 54.4 Å². The van der Waals surface area contributed by atoms with E-state index in [1.54, 1.807) is 11.8 Å². The Hall–Kier alpha value is -2.66. The van der Waals surface area contributed by atoms with Gasteiger partial charge in [0.25, 0.3) is 0 Å². The Kier molecular flexibility index (Phi) is 10.2. The fraction of sp³-hybridized carbons (Fsp3) is 0.346. The molecule has 0 bridgehead atoms. The second-order valence-electron chi connectivity index (χ2n) is 6.99. The van der Waals surface area contributed by atoms with Crippen LogP contribution >= 0.6 is 11.8 Å². The van der Waals surface area contributed by atoms with Crippen molar-refractivity contribution in [2.75, 3.05) is 6.54 Å². The number of pyridine rings is 1. The minimum atomic E-state index is 0.0558. The van der Waals surface area contributed by atoms with Crippen molar-refractivity contribution in [2.45, 2.75) is 58.8 Å². The molecule has 4 nitrogen and oxygen atoms in total. The normalized spacial score (nSPS) is 13.1. The lowest BCUT2D eigenvalue weighted by molar-refractivity contribution is -0.120. The number of unbranched alkanes of at least 4 members (excludes halogenated alkanes) is 1. The number of fused-ring (bicyclic) bond motifs is 1. The number of allylic oxidation sites excluding steroid dienone is 2. The van der Waals surface area contributed by atoms with Gasteiger partial charge in [0.15, 0.2) is 0 Å². The van der Waals surface area contributed by atoms with Crippen LogP contribution in [0.5, 0.6) is 0 Å². The number of thioether (sulfide) groups is 1. The Morgan fingerprint density at radius 1 is 1.13 bits per heavy atom. The van der Waals surface area contributed by atoms with E-state index in [1.807, 2.05) is 57.3 Å². The molecule has 0 spiro atoms. The number of benzene rings is 1. The predicted molar refractivity (Wildman–Crippen MR) is 133 cm³/mol. The lowest BCUT2D eigenvalue weighted by Crippen LogP contribution is -2.23. The first-order valence-corrected chi connectivity index (χ1v) is 11.8. The highest BCUT2D eigenvalue weighted by molar-refractivity contribution is 8.03. The molecule has 0 fully saturated rings. The van der Waals surface area contributed by atoms with Crippen LogP contribution in [0.4, 0.5) is 0 Å². The van der Waals surface area contributed by atoms with Gasteiger partial charge in [0.05, 0.1) is 17.1 Å². The summed E-state index contributed by atoms with van der Waals surface area (Å²) in [5, 5.41) is 2.95. The molecule has 0 atom stereocenters. The maximum atomic E-state index is 12.0. The van der Waals surface area contributed by atoms with Gasteiger partial charge in [-0.3, -0.25) is 9.78 Å². The molecule has 0 unspecified atom stereocenters. The van der Waals surface area contributed by atoms with E-state index in [0.717, 1.165) is 57.4 Å². The van der Waals surface area contributed by atoms with E-state index in [4.69, 9.17) is 4.99 Å². The van der Waals surface area contributed by atoms with Crippen LogP contribution < -0.4 is 5.32 Å². The SMILES string of the molecule is CC.CCCCNC(=O)C/C=C\C1=C(C)N=C(c2ncccc2C)c2ccccc2S1. The highest BCUT2D eigenvalue weighted by atomic mass is 32.2. The van der Waals surface area contributed by atoms with Gasteiger partial charge >= 0.3 is 0 Å². The first-order chi connectivity index (χ1) is 15.1. The molecule has 0 radical (unpaired) electrons. The molecule has 31 heavy (non-hydrogen) atoms. The number of nitrogens with zero attached hydrogens (tertiary/aromatic N) is 2. The minimum Gasteiger partial charge on any atom is -0.356 e. The van der Waals surface area contributed by atoms with E-state index in [0.29, 0.717) is 6.42 Å². The smallest absolute Gasteiger partial charge is 0.223 e. The van der Waals surface area contributed by atoms with Crippen LogP contribution in [0.1, 0.15) is 63.8 Å². The van der Waals surface area contributed by atoms with Crippen molar-refractivity contribution in [2.24, 2.45) is 4.99 Å². The van der Waals surface area contributed by atoms with Gasteiger partial charge in [-0.1, -0.05) is 69.3 Å². The number of nitrogens with one attached hydrogen (secondary N) is 1. The van der Waals surface area contributed by atoms with Gasteiger partial charge in [-0.2, -0.15) is 0 Å². The average Bonchev–Trinajstić information content (AvgIpc) is 2.92. The van der Waals surface area contributed by atoms with Crippen molar-refractivity contribution in [3.8, 4) is 0 Å². The van der Waals surface area contributed by atoms with Gasteiger partial charge in [0.2, 0.25) is 5.91 Å². The number of amides is 1. The number of carbonyl (C=O) groups excluding carboxylic acids is 1. The van der Waals surface area contributed by atoms with Gasteiger partial charge < -0.3 is 5.32 Å². The third kappa shape index (κ3) is 6.93. The van der Waals surface area contributed by atoms with Crippen molar-refractivity contribution >= 4 is 23.4 Å². The van der Waals surface area contributed by atoms with Crippen LogP contribution in [0.15, 0.2) is 75.2 Å². The molecule has 0 aliphatic carbocycles. The highest BCUT2D eigenvalue weighted by Gasteiger charge is 2.19. The molecule has 0 saturated carbocycles. The van der Waals surface area contributed by atoms with E-state index in [1.165, 1.54) is 0 Å². The maximum absolute atomic E-state index is 12.0. The van der Waals surface area contributed by atoms with Gasteiger partial charge in [-0.05, 0) is 44.0 Å². The van der Waals surface area contributed by atoms with Crippen molar-refractivity contribution in [3.05, 3.63) is 82.2 Å². The van der Waals surface area contributed by atoms with E-state index in [2.05, 4.69) is 42.3 Å². The summed E-state index contributed by atoms with van der Waals surface area (Å²) in [6.45, 7) is 10.9. The Bertz CT molecular complexity index is 976. The largest absolute Gasteiger partial charge is 0.356 e. The Morgan fingerprint density at radius 3 is 2.65 bits per heavy atom. The number of aryl methyl sites for hydroxylation is 1. The third-order valence-corrected chi connectivity index (χ3v) is 5.88. The van der Waals surface area contributed by atoms with Gasteiger partial charge in [0, 0.05) is 34.5 Å². The quantitative estimate of drug-likeness (QED) is 0.508. The van der Waals surface area contributed by atoms with Crippen LogP contribution in [-0.4, -0.2) is 23.1 Å². The Morgan fingerprint density at radius 2 is 1.90 bits per heavy atom. The summed E-state index contributed by atoms with van der Waals surface area (Å²) in [6, 6.07) is 12.3. The molecule has 1 amide bonds. The van der Waals surface area contributed by atoms with Gasteiger partial charge in [-0.25, -0.2) is 4.99 Å². The molecular formula is C26H33N3OS. The average molecular weight is 436 g/mol. The number of rotatable bonds is 7. The summed E-state index contributed by atoms with van der Waals surface area (Å²) in [4.78, 5) is 23.7. The second kappa shape index (κ2) is 12.9. The van der Waals surface area contributed by atoms with Gasteiger partial charge in [0.1, 0.15) is 0 Å². The maximum Gasteiger partial charge on any atom is 0.223 e. The molecule has 1 aromatic carbocycles. The predicted octanol–water partition coefficient (Wildman–Crippen LogP) is 6.45. The number of aliphatic imine (C=N–C) groups is 1. The summed E-state index contributed by atoms with van der Waals surface area (Å²) in [5.74, 6) is 0.0558. The summed E-state index contributed by atoms with van der Waals surface area (Å²) in [7, 11) is 0. The number of hydrogen-bond donors (Lipinski definition) is 1. The molecular weight excluding hydrogens is 402 g/mol. The zero-order valence-electron chi connectivity index (χ0n) is 19.2. The molecule has 164 valence electrons. The molecule has 5 heteroatoms. The number of hydrogen-bond acceptors (Lipinski definition) is 4. The molecule has 1 N–H and O–H groups in total. The van der Waals surface area contributed by atoms with Crippen LogP contribution in [0.25, 0.3) is 0 Å². The molecule has 1 aliphatic rings. The monoisotopic (exact) mass is 435 g/mol. The molecule has 1 aliphatic heterocycles. The second-order valence-corrected chi connectivity index (χ2v) is 8.07. The molecule has 2 aromatic rings. The first kappa shape index (κ1) is 24.6. The van der Waals surface area contributed by atoms with Gasteiger partial charge in [-0.15, -0.1) is 0 Å². The van der Waals surface area contributed by atoms with Crippen LogP contribution in [0.2, 0.25) is 0 Å².